The van der Waals surface area contributed by atoms with Gasteiger partial charge in [0.2, 0.25) is 0 Å². The van der Waals surface area contributed by atoms with Gasteiger partial charge in [0.15, 0.2) is 0 Å². The van der Waals surface area contributed by atoms with Crippen LogP contribution in [0.25, 0.3) is 0 Å². The molecule has 1 aliphatic rings. The zero-order valence-electron chi connectivity index (χ0n) is 15.2. The van der Waals surface area contributed by atoms with Crippen molar-refractivity contribution in [3.63, 3.8) is 0 Å². The van der Waals surface area contributed by atoms with E-state index in [0.29, 0.717) is 19.7 Å². The molecule has 1 aromatic heterocycles. The maximum atomic E-state index is 11.8. The van der Waals surface area contributed by atoms with Crippen LogP contribution in [0.3, 0.4) is 0 Å². The minimum Gasteiger partial charge on any atom is -0.371 e. The van der Waals surface area contributed by atoms with Gasteiger partial charge >= 0.3 is 11.8 Å². The highest BCUT2D eigenvalue weighted by Crippen LogP contribution is 2.21. The van der Waals surface area contributed by atoms with Gasteiger partial charge in [-0.05, 0) is 23.4 Å². The topological polar surface area (TPSA) is 70.7 Å². The van der Waals surface area contributed by atoms with Gasteiger partial charge in [-0.1, -0.05) is 36.4 Å². The number of carbonyl (C=O) groups is 2. The van der Waals surface area contributed by atoms with E-state index in [1.54, 1.807) is 11.3 Å². The zero-order chi connectivity index (χ0) is 18.9. The first kappa shape index (κ1) is 19.5. The van der Waals surface area contributed by atoms with E-state index in [1.807, 2.05) is 35.7 Å². The molecule has 2 aromatic rings. The zero-order valence-corrected chi connectivity index (χ0v) is 16.0. The molecule has 27 heavy (non-hydrogen) atoms. The normalized spacial score (nSPS) is 17.4. The lowest BCUT2D eigenvalue weighted by Crippen LogP contribution is -2.42. The van der Waals surface area contributed by atoms with Crippen molar-refractivity contribution in [2.24, 2.45) is 0 Å². The molecule has 7 heteroatoms. The van der Waals surface area contributed by atoms with Gasteiger partial charge in [-0.15, -0.1) is 11.3 Å². The summed E-state index contributed by atoms with van der Waals surface area (Å²) in [6.45, 7) is 4.18. The van der Waals surface area contributed by atoms with E-state index >= 15 is 0 Å². The van der Waals surface area contributed by atoms with Crippen molar-refractivity contribution in [2.75, 3.05) is 32.8 Å². The Bertz CT molecular complexity index is 721. The highest BCUT2D eigenvalue weighted by Gasteiger charge is 2.21. The quantitative estimate of drug-likeness (QED) is 0.563. The van der Waals surface area contributed by atoms with E-state index < -0.39 is 11.8 Å². The van der Waals surface area contributed by atoms with Crippen LogP contribution >= 0.6 is 11.3 Å². The summed E-state index contributed by atoms with van der Waals surface area (Å²) in [5.41, 5.74) is 1.19. The van der Waals surface area contributed by atoms with Crippen LogP contribution in [0.4, 0.5) is 0 Å². The van der Waals surface area contributed by atoms with Gasteiger partial charge in [0, 0.05) is 31.1 Å². The number of nitrogens with zero attached hydrogens (tertiary/aromatic N) is 1. The second kappa shape index (κ2) is 10.2. The Morgan fingerprint density at radius 2 is 1.93 bits per heavy atom. The molecule has 2 heterocycles. The number of benzene rings is 1. The summed E-state index contributed by atoms with van der Waals surface area (Å²) in [6, 6.07) is 14.1. The number of rotatable bonds is 7. The standard InChI is InChI=1S/C20H25N3O3S/c24-19(20(25)22-14-17-8-4-13-27-17)21-9-5-10-23-11-12-26-18(15-23)16-6-2-1-3-7-16/h1-4,6-8,13,18H,5,9-12,14-15H2,(H,21,24)(H,22,25)/t18-/m0/s1. The van der Waals surface area contributed by atoms with E-state index in [-0.39, 0.29) is 6.10 Å². The molecule has 2 N–H and O–H groups in total. The number of hydrogen-bond acceptors (Lipinski definition) is 5. The molecule has 0 bridgehead atoms. The third-order valence-electron chi connectivity index (χ3n) is 4.47. The van der Waals surface area contributed by atoms with Crippen molar-refractivity contribution in [1.29, 1.82) is 0 Å². The average molecular weight is 388 g/mol. The summed E-state index contributed by atoms with van der Waals surface area (Å²) in [4.78, 5) is 27.0. The van der Waals surface area contributed by atoms with Gasteiger partial charge in [0.25, 0.3) is 0 Å². The number of morpholine rings is 1. The van der Waals surface area contributed by atoms with Gasteiger partial charge in [-0.2, -0.15) is 0 Å². The van der Waals surface area contributed by atoms with Gasteiger partial charge in [-0.3, -0.25) is 14.5 Å². The van der Waals surface area contributed by atoms with Crippen LogP contribution in [0.2, 0.25) is 0 Å². The fraction of sp³-hybridized carbons (Fsp3) is 0.400. The SMILES string of the molecule is O=C(NCCCN1CCO[C@H](c2ccccc2)C1)C(=O)NCc1cccs1. The van der Waals surface area contributed by atoms with E-state index in [2.05, 4.69) is 27.7 Å². The molecule has 2 amide bonds. The lowest BCUT2D eigenvalue weighted by molar-refractivity contribution is -0.139. The lowest BCUT2D eigenvalue weighted by atomic mass is 10.1. The summed E-state index contributed by atoms with van der Waals surface area (Å²) in [7, 11) is 0. The maximum absolute atomic E-state index is 11.8. The lowest BCUT2D eigenvalue weighted by Gasteiger charge is -2.33. The molecule has 144 valence electrons. The average Bonchev–Trinajstić information content (AvgIpc) is 3.24. The molecule has 1 aromatic carbocycles. The van der Waals surface area contributed by atoms with Crippen molar-refractivity contribution >= 4 is 23.2 Å². The Morgan fingerprint density at radius 1 is 1.11 bits per heavy atom. The maximum Gasteiger partial charge on any atom is 0.309 e. The highest BCUT2D eigenvalue weighted by atomic mass is 32.1. The summed E-state index contributed by atoms with van der Waals surface area (Å²) in [5, 5.41) is 7.26. The Balaban J connectivity index is 1.32. The molecule has 0 radical (unpaired) electrons. The minimum atomic E-state index is -0.584. The third-order valence-corrected chi connectivity index (χ3v) is 5.34. The van der Waals surface area contributed by atoms with E-state index in [1.165, 1.54) is 5.56 Å². The largest absolute Gasteiger partial charge is 0.371 e. The van der Waals surface area contributed by atoms with Crippen LogP contribution in [-0.2, 0) is 20.9 Å². The molecular weight excluding hydrogens is 362 g/mol. The minimum absolute atomic E-state index is 0.0950. The third kappa shape index (κ3) is 6.16. The Kier molecular flexibility index (Phi) is 7.38. The van der Waals surface area contributed by atoms with Crippen LogP contribution in [0, 0.1) is 0 Å². The number of amides is 2. The Morgan fingerprint density at radius 3 is 2.70 bits per heavy atom. The predicted octanol–water partition coefficient (Wildman–Crippen LogP) is 1.94. The summed E-state index contributed by atoms with van der Waals surface area (Å²) >= 11 is 1.55. The van der Waals surface area contributed by atoms with Crippen LogP contribution in [0.1, 0.15) is 23.0 Å². The molecule has 0 spiro atoms. The van der Waals surface area contributed by atoms with Crippen molar-refractivity contribution in [3.05, 3.63) is 58.3 Å². The first-order valence-corrected chi connectivity index (χ1v) is 10.1. The fourth-order valence-electron chi connectivity index (χ4n) is 3.02. The number of hydrogen-bond donors (Lipinski definition) is 2. The smallest absolute Gasteiger partial charge is 0.309 e. The number of thiophene rings is 1. The van der Waals surface area contributed by atoms with Gasteiger partial charge in [0.1, 0.15) is 0 Å². The number of nitrogens with one attached hydrogen (secondary N) is 2. The van der Waals surface area contributed by atoms with Gasteiger partial charge in [-0.25, -0.2) is 0 Å². The Labute approximate surface area is 163 Å². The van der Waals surface area contributed by atoms with Crippen molar-refractivity contribution in [2.45, 2.75) is 19.1 Å². The highest BCUT2D eigenvalue weighted by molar-refractivity contribution is 7.09. The van der Waals surface area contributed by atoms with Crippen LogP contribution in [0.5, 0.6) is 0 Å². The van der Waals surface area contributed by atoms with Crippen LogP contribution < -0.4 is 10.6 Å². The number of ether oxygens (including phenoxy) is 1. The first-order valence-electron chi connectivity index (χ1n) is 9.19. The summed E-state index contributed by atoms with van der Waals surface area (Å²) in [6.07, 6.45) is 0.892. The molecule has 1 saturated heterocycles. The molecular formula is C20H25N3O3S. The predicted molar refractivity (Wildman–Crippen MR) is 105 cm³/mol. The van der Waals surface area contributed by atoms with Gasteiger partial charge in [0.05, 0.1) is 19.3 Å². The second-order valence-electron chi connectivity index (χ2n) is 6.44. The molecule has 1 atom stereocenters. The molecule has 0 unspecified atom stereocenters. The summed E-state index contributed by atoms with van der Waals surface area (Å²) in [5.74, 6) is -1.16. The molecule has 1 fully saturated rings. The van der Waals surface area contributed by atoms with E-state index in [0.717, 1.165) is 30.9 Å². The molecule has 1 aliphatic heterocycles. The van der Waals surface area contributed by atoms with E-state index in [4.69, 9.17) is 4.74 Å². The number of carbonyl (C=O) groups excluding carboxylic acids is 2. The van der Waals surface area contributed by atoms with Crippen LogP contribution in [-0.4, -0.2) is 49.5 Å². The second-order valence-corrected chi connectivity index (χ2v) is 7.47. The monoisotopic (exact) mass is 387 g/mol. The van der Waals surface area contributed by atoms with Crippen LogP contribution in [0.15, 0.2) is 47.8 Å². The van der Waals surface area contributed by atoms with Crippen molar-refractivity contribution < 1.29 is 14.3 Å². The molecule has 3 rings (SSSR count). The molecule has 6 nitrogen and oxygen atoms in total. The molecule has 0 aliphatic carbocycles. The Hall–Kier alpha value is -2.22. The molecule has 0 saturated carbocycles. The summed E-state index contributed by atoms with van der Waals surface area (Å²) < 4.78 is 5.86. The van der Waals surface area contributed by atoms with Crippen molar-refractivity contribution in [3.8, 4) is 0 Å². The van der Waals surface area contributed by atoms with Gasteiger partial charge < -0.3 is 15.4 Å². The fourth-order valence-corrected chi connectivity index (χ4v) is 3.67. The first-order chi connectivity index (χ1) is 13.2. The van der Waals surface area contributed by atoms with Crippen molar-refractivity contribution in [1.82, 2.24) is 15.5 Å². The van der Waals surface area contributed by atoms with E-state index in [9.17, 15) is 9.59 Å².